The number of benzene rings is 1. The highest BCUT2D eigenvalue weighted by Crippen LogP contribution is 2.31. The minimum absolute atomic E-state index is 0.113. The maximum atomic E-state index is 13.0. The van der Waals surface area contributed by atoms with Crippen molar-refractivity contribution in [3.63, 3.8) is 0 Å². The average molecular weight is 409 g/mol. The highest BCUT2D eigenvalue weighted by molar-refractivity contribution is 7.89. The zero-order valence-corrected chi connectivity index (χ0v) is 16.9. The maximum absolute atomic E-state index is 13.0. The molecule has 0 bridgehead atoms. The molecule has 3 rings (SSSR count). The summed E-state index contributed by atoms with van der Waals surface area (Å²) in [4.78, 5) is 13.5. The third-order valence-corrected chi connectivity index (χ3v) is 7.24. The van der Waals surface area contributed by atoms with Gasteiger partial charge in [0.15, 0.2) is 0 Å². The lowest BCUT2D eigenvalue weighted by atomic mass is 10.2. The van der Waals surface area contributed by atoms with Crippen molar-refractivity contribution < 1.29 is 17.9 Å². The standard InChI is InChI=1S/C19H24N2O4S2/c1-2-25-17-9-7-15(20-19(22)10-8-16-6-5-13-26-16)14-18(17)27(23,24)21-11-3-4-12-21/h5-7,9,13-14H,2-4,8,10-12H2,1H3,(H,20,22). The van der Waals surface area contributed by atoms with E-state index >= 15 is 0 Å². The van der Waals surface area contributed by atoms with Gasteiger partial charge in [-0.25, -0.2) is 8.42 Å². The van der Waals surface area contributed by atoms with E-state index in [9.17, 15) is 13.2 Å². The first-order valence-corrected chi connectivity index (χ1v) is 11.4. The molecule has 0 saturated carbocycles. The second kappa shape index (κ2) is 8.86. The summed E-state index contributed by atoms with van der Waals surface area (Å²) >= 11 is 1.62. The average Bonchev–Trinajstić information content (AvgIpc) is 3.35. The number of amides is 1. The number of nitrogens with one attached hydrogen (secondary N) is 1. The predicted molar refractivity (Wildman–Crippen MR) is 107 cm³/mol. The highest BCUT2D eigenvalue weighted by atomic mass is 32.2. The Bertz CT molecular complexity index is 873. The number of nitrogens with zero attached hydrogens (tertiary/aromatic N) is 1. The predicted octanol–water partition coefficient (Wildman–Crippen LogP) is 3.50. The summed E-state index contributed by atoms with van der Waals surface area (Å²) in [5.41, 5.74) is 0.465. The first-order valence-electron chi connectivity index (χ1n) is 9.10. The number of hydrogen-bond donors (Lipinski definition) is 1. The quantitative estimate of drug-likeness (QED) is 0.725. The zero-order chi connectivity index (χ0) is 19.3. The SMILES string of the molecule is CCOc1ccc(NC(=O)CCc2cccs2)cc1S(=O)(=O)N1CCCC1. The van der Waals surface area contributed by atoms with Crippen molar-refractivity contribution in [2.45, 2.75) is 37.5 Å². The summed E-state index contributed by atoms with van der Waals surface area (Å²) in [5.74, 6) is 0.179. The fourth-order valence-electron chi connectivity index (χ4n) is 3.04. The first kappa shape index (κ1) is 19.9. The Morgan fingerprint density at radius 1 is 1.26 bits per heavy atom. The van der Waals surface area contributed by atoms with E-state index in [1.165, 1.54) is 10.4 Å². The van der Waals surface area contributed by atoms with Crippen LogP contribution >= 0.6 is 11.3 Å². The lowest BCUT2D eigenvalue weighted by Crippen LogP contribution is -2.28. The zero-order valence-electron chi connectivity index (χ0n) is 15.3. The molecule has 1 aromatic carbocycles. The van der Waals surface area contributed by atoms with Crippen molar-refractivity contribution in [2.75, 3.05) is 25.0 Å². The smallest absolute Gasteiger partial charge is 0.246 e. The van der Waals surface area contributed by atoms with Crippen LogP contribution in [0.4, 0.5) is 5.69 Å². The Hall–Kier alpha value is -1.90. The first-order chi connectivity index (χ1) is 13.0. The van der Waals surface area contributed by atoms with Crippen LogP contribution in [0.25, 0.3) is 0 Å². The van der Waals surface area contributed by atoms with Gasteiger partial charge >= 0.3 is 0 Å². The van der Waals surface area contributed by atoms with Crippen molar-refractivity contribution >= 4 is 33.0 Å². The number of thiophene rings is 1. The van der Waals surface area contributed by atoms with Crippen LogP contribution in [0.5, 0.6) is 5.75 Å². The third-order valence-electron chi connectivity index (χ3n) is 4.39. The van der Waals surface area contributed by atoms with Crippen LogP contribution in [0, 0.1) is 0 Å². The second-order valence-electron chi connectivity index (χ2n) is 6.33. The molecule has 8 heteroatoms. The molecule has 0 unspecified atom stereocenters. The van der Waals surface area contributed by atoms with E-state index in [0.29, 0.717) is 44.0 Å². The van der Waals surface area contributed by atoms with Gasteiger partial charge in [0.25, 0.3) is 0 Å². The van der Waals surface area contributed by atoms with E-state index in [1.54, 1.807) is 23.5 Å². The highest BCUT2D eigenvalue weighted by Gasteiger charge is 2.30. The monoisotopic (exact) mass is 408 g/mol. The summed E-state index contributed by atoms with van der Waals surface area (Å²) < 4.78 is 33.0. The van der Waals surface area contributed by atoms with E-state index in [4.69, 9.17) is 4.74 Å². The van der Waals surface area contributed by atoms with Gasteiger partial charge in [0, 0.05) is 30.1 Å². The number of carbonyl (C=O) groups excluding carboxylic acids is 1. The topological polar surface area (TPSA) is 75.7 Å². The molecule has 146 valence electrons. The molecule has 27 heavy (non-hydrogen) atoms. The van der Waals surface area contributed by atoms with Gasteiger partial charge in [-0.1, -0.05) is 6.07 Å². The molecule has 2 heterocycles. The molecule has 1 fully saturated rings. The second-order valence-corrected chi connectivity index (χ2v) is 9.27. The van der Waals surface area contributed by atoms with Gasteiger partial charge in [-0.2, -0.15) is 4.31 Å². The number of aryl methyl sites for hydroxylation is 1. The Labute approximate surface area is 164 Å². The molecule has 1 amide bonds. The Balaban J connectivity index is 1.77. The maximum Gasteiger partial charge on any atom is 0.246 e. The van der Waals surface area contributed by atoms with E-state index < -0.39 is 10.0 Å². The van der Waals surface area contributed by atoms with Crippen molar-refractivity contribution in [3.8, 4) is 5.75 Å². The molecule has 0 radical (unpaired) electrons. The number of rotatable bonds is 8. The van der Waals surface area contributed by atoms with E-state index in [0.717, 1.165) is 17.7 Å². The summed E-state index contributed by atoms with van der Waals surface area (Å²) in [5, 5.41) is 4.79. The van der Waals surface area contributed by atoms with E-state index in [-0.39, 0.29) is 10.8 Å². The minimum Gasteiger partial charge on any atom is -0.492 e. The van der Waals surface area contributed by atoms with Crippen LogP contribution in [0.3, 0.4) is 0 Å². The largest absolute Gasteiger partial charge is 0.492 e. The molecule has 1 aliphatic rings. The van der Waals surface area contributed by atoms with Gasteiger partial charge in [-0.05, 0) is 55.8 Å². The van der Waals surface area contributed by atoms with Crippen molar-refractivity contribution in [1.82, 2.24) is 4.31 Å². The number of carbonyl (C=O) groups is 1. The molecular formula is C19H24N2O4S2. The molecule has 1 N–H and O–H groups in total. The molecule has 1 aromatic heterocycles. The Kier molecular flexibility index (Phi) is 6.51. The fraction of sp³-hybridized carbons (Fsp3) is 0.421. The van der Waals surface area contributed by atoms with E-state index in [2.05, 4.69) is 5.32 Å². The Morgan fingerprint density at radius 3 is 2.70 bits per heavy atom. The van der Waals surface area contributed by atoms with E-state index in [1.807, 2.05) is 24.4 Å². The van der Waals surface area contributed by atoms with Gasteiger partial charge < -0.3 is 10.1 Å². The van der Waals surface area contributed by atoms with Gasteiger partial charge in [0.1, 0.15) is 10.6 Å². The molecular weight excluding hydrogens is 384 g/mol. The Morgan fingerprint density at radius 2 is 2.04 bits per heavy atom. The van der Waals surface area contributed by atoms with Crippen molar-refractivity contribution in [2.24, 2.45) is 0 Å². The van der Waals surface area contributed by atoms with Gasteiger partial charge in [0.05, 0.1) is 6.61 Å². The lowest BCUT2D eigenvalue weighted by molar-refractivity contribution is -0.116. The van der Waals surface area contributed by atoms with Crippen LogP contribution in [-0.2, 0) is 21.2 Å². The molecule has 1 saturated heterocycles. The van der Waals surface area contributed by atoms with Crippen LogP contribution in [0.2, 0.25) is 0 Å². The summed E-state index contributed by atoms with van der Waals surface area (Å²) in [7, 11) is -3.64. The summed E-state index contributed by atoms with van der Waals surface area (Å²) in [6.07, 6.45) is 2.74. The number of hydrogen-bond acceptors (Lipinski definition) is 5. The summed E-state index contributed by atoms with van der Waals surface area (Å²) in [6.45, 7) is 3.22. The normalized spacial score (nSPS) is 15.0. The molecule has 6 nitrogen and oxygen atoms in total. The van der Waals surface area contributed by atoms with Crippen LogP contribution in [0.15, 0.2) is 40.6 Å². The third kappa shape index (κ3) is 4.88. The van der Waals surface area contributed by atoms with Gasteiger partial charge in [-0.3, -0.25) is 4.79 Å². The number of sulfonamides is 1. The van der Waals surface area contributed by atoms with Crippen molar-refractivity contribution in [3.05, 3.63) is 40.6 Å². The van der Waals surface area contributed by atoms with Crippen LogP contribution < -0.4 is 10.1 Å². The fourth-order valence-corrected chi connectivity index (χ4v) is 5.43. The molecule has 0 atom stereocenters. The van der Waals surface area contributed by atoms with Gasteiger partial charge in [-0.15, -0.1) is 11.3 Å². The molecule has 0 aliphatic carbocycles. The van der Waals surface area contributed by atoms with Crippen molar-refractivity contribution in [1.29, 1.82) is 0 Å². The van der Waals surface area contributed by atoms with Gasteiger partial charge in [0.2, 0.25) is 15.9 Å². The molecule has 2 aromatic rings. The summed E-state index contributed by atoms with van der Waals surface area (Å²) in [6, 6.07) is 8.75. The number of anilines is 1. The lowest BCUT2D eigenvalue weighted by Gasteiger charge is -2.19. The molecule has 0 spiro atoms. The number of ether oxygens (including phenoxy) is 1. The van der Waals surface area contributed by atoms with Crippen LogP contribution in [-0.4, -0.2) is 38.3 Å². The van der Waals surface area contributed by atoms with Crippen LogP contribution in [0.1, 0.15) is 31.1 Å². The molecule has 1 aliphatic heterocycles. The minimum atomic E-state index is -3.64.